The molecule has 0 radical (unpaired) electrons. The third kappa shape index (κ3) is 3.62. The maximum atomic E-state index is 8.89. The first kappa shape index (κ1) is 15.8. The summed E-state index contributed by atoms with van der Waals surface area (Å²) in [5.74, 6) is 1.25. The van der Waals surface area contributed by atoms with E-state index in [1.54, 1.807) is 0 Å². The van der Waals surface area contributed by atoms with Gasteiger partial charge in [-0.25, -0.2) is 0 Å². The van der Waals surface area contributed by atoms with Crippen LogP contribution in [0.15, 0.2) is 12.1 Å². The summed E-state index contributed by atoms with van der Waals surface area (Å²) in [5.41, 5.74) is 2.87. The summed E-state index contributed by atoms with van der Waals surface area (Å²) in [6.45, 7) is 9.87. The van der Waals surface area contributed by atoms with Crippen molar-refractivity contribution in [1.82, 2.24) is 4.57 Å². The fourth-order valence-corrected chi connectivity index (χ4v) is 3.05. The third-order valence-corrected chi connectivity index (χ3v) is 4.30. The predicted octanol–water partition coefficient (Wildman–Crippen LogP) is 5.21. The van der Waals surface area contributed by atoms with Crippen molar-refractivity contribution in [3.05, 3.63) is 23.5 Å². The number of nitrogens with zero attached hydrogens (tertiary/aromatic N) is 2. The van der Waals surface area contributed by atoms with Gasteiger partial charge in [-0.3, -0.25) is 0 Å². The van der Waals surface area contributed by atoms with Crippen LogP contribution in [0.2, 0.25) is 0 Å². The molecule has 0 aliphatic heterocycles. The average Bonchev–Trinajstić information content (AvgIpc) is 2.83. The molecule has 0 aliphatic carbocycles. The topological polar surface area (TPSA) is 28.7 Å². The highest BCUT2D eigenvalue weighted by Crippen LogP contribution is 2.31. The van der Waals surface area contributed by atoms with Crippen LogP contribution < -0.4 is 0 Å². The Bertz CT molecular complexity index is 374. The summed E-state index contributed by atoms with van der Waals surface area (Å²) in [6, 6.07) is 6.88. The van der Waals surface area contributed by atoms with E-state index in [-0.39, 0.29) is 0 Å². The Balaban J connectivity index is 3.14. The standard InChI is InChI=1S/C17H28N2/c1-5-14(6-2)16-10-11-17(15(7-3)8-4)19(16)13-9-12-18/h10-11,14-15H,5-9,13H2,1-4H3. The Morgan fingerprint density at radius 1 is 0.947 bits per heavy atom. The smallest absolute Gasteiger partial charge is 0.0640 e. The normalized spacial score (nSPS) is 11.2. The molecule has 2 heteroatoms. The van der Waals surface area contributed by atoms with Gasteiger partial charge in [-0.1, -0.05) is 27.7 Å². The quantitative estimate of drug-likeness (QED) is 0.630. The van der Waals surface area contributed by atoms with Gasteiger partial charge in [0.1, 0.15) is 0 Å². The monoisotopic (exact) mass is 260 g/mol. The van der Waals surface area contributed by atoms with Crippen molar-refractivity contribution >= 4 is 0 Å². The van der Waals surface area contributed by atoms with E-state index in [9.17, 15) is 0 Å². The van der Waals surface area contributed by atoms with E-state index in [1.807, 2.05) is 0 Å². The molecule has 0 atom stereocenters. The van der Waals surface area contributed by atoms with Gasteiger partial charge in [0.15, 0.2) is 0 Å². The number of hydrogen-bond acceptors (Lipinski definition) is 1. The highest BCUT2D eigenvalue weighted by atomic mass is 15.0. The van der Waals surface area contributed by atoms with Gasteiger partial charge in [0.05, 0.1) is 12.5 Å². The predicted molar refractivity (Wildman–Crippen MR) is 81.3 cm³/mol. The lowest BCUT2D eigenvalue weighted by Gasteiger charge is -2.21. The van der Waals surface area contributed by atoms with Gasteiger partial charge in [0.2, 0.25) is 0 Å². The van der Waals surface area contributed by atoms with E-state index in [2.05, 4.69) is 50.5 Å². The van der Waals surface area contributed by atoms with Crippen LogP contribution in [0.3, 0.4) is 0 Å². The molecule has 0 saturated heterocycles. The van der Waals surface area contributed by atoms with Gasteiger partial charge >= 0.3 is 0 Å². The van der Waals surface area contributed by atoms with Gasteiger partial charge < -0.3 is 4.57 Å². The Labute approximate surface area is 118 Å². The van der Waals surface area contributed by atoms with Gasteiger partial charge in [-0.15, -0.1) is 0 Å². The molecule has 0 bridgehead atoms. The Morgan fingerprint density at radius 3 is 1.68 bits per heavy atom. The number of nitriles is 1. The summed E-state index contributed by atoms with van der Waals surface area (Å²) < 4.78 is 2.43. The molecule has 0 amide bonds. The highest BCUT2D eigenvalue weighted by Gasteiger charge is 2.18. The molecule has 0 N–H and O–H groups in total. The lowest BCUT2D eigenvalue weighted by atomic mass is 9.99. The van der Waals surface area contributed by atoms with Crippen molar-refractivity contribution in [3.63, 3.8) is 0 Å². The van der Waals surface area contributed by atoms with Crippen LogP contribution in [-0.4, -0.2) is 4.57 Å². The average molecular weight is 260 g/mol. The molecule has 1 aromatic heterocycles. The molecule has 0 saturated carbocycles. The maximum absolute atomic E-state index is 8.89. The molecular formula is C17H28N2. The van der Waals surface area contributed by atoms with Crippen LogP contribution in [0.5, 0.6) is 0 Å². The zero-order valence-corrected chi connectivity index (χ0v) is 12.9. The first-order valence-electron chi connectivity index (χ1n) is 7.79. The van der Waals surface area contributed by atoms with Crippen molar-refractivity contribution in [2.24, 2.45) is 0 Å². The largest absolute Gasteiger partial charge is 0.347 e. The van der Waals surface area contributed by atoms with Crippen LogP contribution in [0.1, 0.15) is 83.0 Å². The molecule has 0 aromatic carbocycles. The molecule has 106 valence electrons. The summed E-state index contributed by atoms with van der Waals surface area (Å²) in [6.07, 6.45) is 5.31. The first-order valence-corrected chi connectivity index (χ1v) is 7.79. The van der Waals surface area contributed by atoms with Crippen LogP contribution in [0.25, 0.3) is 0 Å². The van der Waals surface area contributed by atoms with E-state index >= 15 is 0 Å². The van der Waals surface area contributed by atoms with Crippen molar-refractivity contribution in [3.8, 4) is 6.07 Å². The van der Waals surface area contributed by atoms with Gasteiger partial charge in [0, 0.05) is 17.9 Å². The van der Waals surface area contributed by atoms with E-state index < -0.39 is 0 Å². The number of hydrogen-bond donors (Lipinski definition) is 0. The zero-order valence-electron chi connectivity index (χ0n) is 12.9. The molecule has 0 aliphatic rings. The lowest BCUT2D eigenvalue weighted by Crippen LogP contribution is -2.12. The molecule has 2 nitrogen and oxygen atoms in total. The molecule has 1 heterocycles. The van der Waals surface area contributed by atoms with Crippen LogP contribution in [0.4, 0.5) is 0 Å². The minimum absolute atomic E-state index is 0.606. The lowest BCUT2D eigenvalue weighted by molar-refractivity contribution is 0.520. The minimum Gasteiger partial charge on any atom is -0.347 e. The SMILES string of the molecule is CCC(CC)c1ccc(C(CC)CC)n1CCC#N. The second kappa shape index (κ2) is 8.04. The van der Waals surface area contributed by atoms with Crippen LogP contribution in [-0.2, 0) is 6.54 Å². The molecule has 1 aromatic rings. The van der Waals surface area contributed by atoms with Gasteiger partial charge in [-0.05, 0) is 49.7 Å². The van der Waals surface area contributed by atoms with E-state index in [4.69, 9.17) is 5.26 Å². The first-order chi connectivity index (χ1) is 9.23. The van der Waals surface area contributed by atoms with Crippen molar-refractivity contribution in [2.45, 2.75) is 78.2 Å². The Hall–Kier alpha value is -1.23. The number of rotatable bonds is 8. The van der Waals surface area contributed by atoms with Gasteiger partial charge in [-0.2, -0.15) is 5.26 Å². The Kier molecular flexibility index (Phi) is 6.70. The molecule has 1 rings (SSSR count). The maximum Gasteiger partial charge on any atom is 0.0640 e. The highest BCUT2D eigenvalue weighted by molar-refractivity contribution is 5.23. The summed E-state index contributed by atoms with van der Waals surface area (Å²) in [5, 5.41) is 8.89. The third-order valence-electron chi connectivity index (χ3n) is 4.30. The van der Waals surface area contributed by atoms with Crippen molar-refractivity contribution in [2.75, 3.05) is 0 Å². The second-order valence-corrected chi connectivity index (χ2v) is 5.27. The Morgan fingerprint density at radius 2 is 1.37 bits per heavy atom. The number of aromatic nitrogens is 1. The summed E-state index contributed by atoms with van der Waals surface area (Å²) in [7, 11) is 0. The second-order valence-electron chi connectivity index (χ2n) is 5.27. The van der Waals surface area contributed by atoms with E-state index in [0.717, 1.165) is 6.54 Å². The van der Waals surface area contributed by atoms with Gasteiger partial charge in [0.25, 0.3) is 0 Å². The van der Waals surface area contributed by atoms with Crippen molar-refractivity contribution < 1.29 is 0 Å². The minimum atomic E-state index is 0.606. The van der Waals surface area contributed by atoms with Crippen LogP contribution >= 0.6 is 0 Å². The fourth-order valence-electron chi connectivity index (χ4n) is 3.05. The van der Waals surface area contributed by atoms with Crippen molar-refractivity contribution in [1.29, 1.82) is 5.26 Å². The molecule has 0 unspecified atom stereocenters. The fraction of sp³-hybridized carbons (Fsp3) is 0.706. The van der Waals surface area contributed by atoms with E-state index in [1.165, 1.54) is 37.1 Å². The molecule has 19 heavy (non-hydrogen) atoms. The zero-order chi connectivity index (χ0) is 14.3. The van der Waals surface area contributed by atoms with E-state index in [0.29, 0.717) is 18.3 Å². The summed E-state index contributed by atoms with van der Waals surface area (Å²) >= 11 is 0. The van der Waals surface area contributed by atoms with Crippen LogP contribution in [0, 0.1) is 11.3 Å². The summed E-state index contributed by atoms with van der Waals surface area (Å²) in [4.78, 5) is 0. The molecule has 0 fully saturated rings. The molecular weight excluding hydrogens is 232 g/mol. The molecule has 0 spiro atoms.